The highest BCUT2D eigenvalue weighted by atomic mass is 32.1. The van der Waals surface area contributed by atoms with Crippen molar-refractivity contribution in [3.8, 4) is 0 Å². The second-order valence-corrected chi connectivity index (χ2v) is 5.84. The van der Waals surface area contributed by atoms with E-state index in [2.05, 4.69) is 69.9 Å². The first-order valence-corrected chi connectivity index (χ1v) is 7.82. The van der Waals surface area contributed by atoms with Crippen LogP contribution in [0.1, 0.15) is 11.6 Å². The predicted molar refractivity (Wildman–Crippen MR) is 90.2 cm³/mol. The van der Waals surface area contributed by atoms with Crippen LogP contribution in [0.4, 0.5) is 16.4 Å². The molecule has 0 N–H and O–H groups in total. The van der Waals surface area contributed by atoms with Gasteiger partial charge in [-0.05, 0) is 29.1 Å². The fourth-order valence-corrected chi connectivity index (χ4v) is 3.57. The molecule has 0 bridgehead atoms. The van der Waals surface area contributed by atoms with Crippen LogP contribution in [0.25, 0.3) is 0 Å². The van der Waals surface area contributed by atoms with Crippen molar-refractivity contribution in [1.29, 1.82) is 0 Å². The number of fused-ring (bicyclic) bond motifs is 1. The molecule has 2 aromatic carbocycles. The van der Waals surface area contributed by atoms with Crippen molar-refractivity contribution in [3.05, 3.63) is 77.7 Å². The summed E-state index contributed by atoms with van der Waals surface area (Å²) in [6, 6.07) is 23.3. The molecule has 0 saturated carbocycles. The first kappa shape index (κ1) is 12.4. The van der Waals surface area contributed by atoms with Gasteiger partial charge in [0.15, 0.2) is 0 Å². The Morgan fingerprint density at radius 2 is 1.57 bits per heavy atom. The number of nitrogens with zero attached hydrogens (tertiary/aromatic N) is 2. The van der Waals surface area contributed by atoms with E-state index >= 15 is 0 Å². The molecule has 3 heteroatoms. The summed E-state index contributed by atoms with van der Waals surface area (Å²) in [7, 11) is 0. The van der Waals surface area contributed by atoms with Gasteiger partial charge in [0.2, 0.25) is 0 Å². The van der Waals surface area contributed by atoms with Gasteiger partial charge in [-0.15, -0.1) is 11.3 Å². The molecule has 0 saturated heterocycles. The van der Waals surface area contributed by atoms with Crippen molar-refractivity contribution >= 4 is 33.9 Å². The smallest absolute Gasteiger partial charge is 0.122 e. The third-order valence-corrected chi connectivity index (χ3v) is 4.55. The number of rotatable bonds is 2. The van der Waals surface area contributed by atoms with E-state index in [9.17, 15) is 0 Å². The molecule has 4 rings (SSSR count). The molecule has 0 fully saturated rings. The zero-order chi connectivity index (χ0) is 14.1. The number of thiophene rings is 1. The van der Waals surface area contributed by atoms with Crippen molar-refractivity contribution in [2.45, 2.75) is 6.04 Å². The SMILES string of the molecule is C1=Nc2ccsc2N(c2ccccc2)C1c1ccccc1. The molecule has 1 unspecified atom stereocenters. The maximum Gasteiger partial charge on any atom is 0.122 e. The fraction of sp³-hybridized carbons (Fsp3) is 0.0556. The lowest BCUT2D eigenvalue weighted by Crippen LogP contribution is -2.26. The van der Waals surface area contributed by atoms with Crippen LogP contribution in [0.15, 0.2) is 77.1 Å². The average molecular weight is 290 g/mol. The number of hydrogen-bond donors (Lipinski definition) is 0. The van der Waals surface area contributed by atoms with Crippen LogP contribution < -0.4 is 4.90 Å². The first-order valence-electron chi connectivity index (χ1n) is 6.94. The van der Waals surface area contributed by atoms with E-state index < -0.39 is 0 Å². The molecule has 1 atom stereocenters. The van der Waals surface area contributed by atoms with Crippen LogP contribution in [-0.2, 0) is 0 Å². The van der Waals surface area contributed by atoms with E-state index in [0.29, 0.717) is 0 Å². The van der Waals surface area contributed by atoms with Gasteiger partial charge in [0.25, 0.3) is 0 Å². The quantitative estimate of drug-likeness (QED) is 0.621. The lowest BCUT2D eigenvalue weighted by atomic mass is 10.0. The topological polar surface area (TPSA) is 15.6 Å². The molecule has 21 heavy (non-hydrogen) atoms. The van der Waals surface area contributed by atoms with Gasteiger partial charge in [0.05, 0.1) is 11.7 Å². The Balaban J connectivity index is 1.87. The Morgan fingerprint density at radius 1 is 0.857 bits per heavy atom. The Bertz CT molecular complexity index is 762. The van der Waals surface area contributed by atoms with Crippen molar-refractivity contribution in [2.24, 2.45) is 4.99 Å². The minimum absolute atomic E-state index is 0.139. The Labute approximate surface area is 128 Å². The third-order valence-electron chi connectivity index (χ3n) is 3.65. The molecule has 1 aliphatic heterocycles. The molecular weight excluding hydrogens is 276 g/mol. The first-order chi connectivity index (χ1) is 10.4. The van der Waals surface area contributed by atoms with Crippen molar-refractivity contribution in [2.75, 3.05) is 4.90 Å². The lowest BCUT2D eigenvalue weighted by Gasteiger charge is -2.33. The van der Waals surface area contributed by atoms with Gasteiger partial charge in [0, 0.05) is 11.9 Å². The average Bonchev–Trinajstić information content (AvgIpc) is 3.04. The van der Waals surface area contributed by atoms with E-state index in [0.717, 1.165) is 5.69 Å². The van der Waals surface area contributed by atoms with Gasteiger partial charge in [0.1, 0.15) is 5.00 Å². The molecule has 102 valence electrons. The fourth-order valence-electron chi connectivity index (χ4n) is 2.67. The molecule has 1 aromatic heterocycles. The van der Waals surface area contributed by atoms with E-state index in [1.165, 1.54) is 16.3 Å². The van der Waals surface area contributed by atoms with Crippen LogP contribution in [0.3, 0.4) is 0 Å². The summed E-state index contributed by atoms with van der Waals surface area (Å²) in [6.07, 6.45) is 2.04. The molecule has 2 nitrogen and oxygen atoms in total. The Kier molecular flexibility index (Phi) is 3.05. The second kappa shape index (κ2) is 5.19. The highest BCUT2D eigenvalue weighted by Crippen LogP contribution is 2.46. The molecule has 0 spiro atoms. The van der Waals surface area contributed by atoms with Crippen LogP contribution in [0.2, 0.25) is 0 Å². The van der Waals surface area contributed by atoms with Crippen LogP contribution >= 0.6 is 11.3 Å². The predicted octanol–water partition coefficient (Wildman–Crippen LogP) is 5.34. The summed E-state index contributed by atoms with van der Waals surface area (Å²) in [5.74, 6) is 0. The summed E-state index contributed by atoms with van der Waals surface area (Å²) >= 11 is 1.74. The summed E-state index contributed by atoms with van der Waals surface area (Å²) in [5.41, 5.74) is 3.50. The molecule has 1 aliphatic rings. The van der Waals surface area contributed by atoms with E-state index in [1.807, 2.05) is 18.3 Å². The van der Waals surface area contributed by atoms with Gasteiger partial charge in [-0.3, -0.25) is 4.99 Å². The summed E-state index contributed by atoms with van der Waals surface area (Å²) in [6.45, 7) is 0. The lowest BCUT2D eigenvalue weighted by molar-refractivity contribution is 0.906. The highest BCUT2D eigenvalue weighted by Gasteiger charge is 2.27. The highest BCUT2D eigenvalue weighted by molar-refractivity contribution is 7.15. The molecule has 2 heterocycles. The molecule has 0 amide bonds. The monoisotopic (exact) mass is 290 g/mol. The summed E-state index contributed by atoms with van der Waals surface area (Å²) < 4.78 is 0. The maximum absolute atomic E-state index is 4.63. The van der Waals surface area contributed by atoms with Gasteiger partial charge in [-0.25, -0.2) is 0 Å². The molecule has 0 radical (unpaired) electrons. The minimum Gasteiger partial charge on any atom is -0.319 e. The van der Waals surface area contributed by atoms with Crippen molar-refractivity contribution < 1.29 is 0 Å². The number of hydrogen-bond acceptors (Lipinski definition) is 3. The van der Waals surface area contributed by atoms with Crippen LogP contribution in [0.5, 0.6) is 0 Å². The second-order valence-electron chi connectivity index (χ2n) is 4.95. The number of anilines is 2. The number of benzene rings is 2. The van der Waals surface area contributed by atoms with Gasteiger partial charge < -0.3 is 4.90 Å². The normalized spacial score (nSPS) is 16.8. The third kappa shape index (κ3) is 2.16. The minimum atomic E-state index is 0.139. The standard InChI is InChI=1S/C18H14N2S/c1-3-7-14(8-4-1)17-13-19-16-11-12-21-18(16)20(17)15-9-5-2-6-10-15/h1-13,17H. The Morgan fingerprint density at radius 3 is 2.33 bits per heavy atom. The van der Waals surface area contributed by atoms with Crippen molar-refractivity contribution in [3.63, 3.8) is 0 Å². The van der Waals surface area contributed by atoms with Gasteiger partial charge in [-0.2, -0.15) is 0 Å². The summed E-state index contributed by atoms with van der Waals surface area (Å²) in [5, 5.41) is 3.31. The van der Waals surface area contributed by atoms with Crippen LogP contribution in [-0.4, -0.2) is 6.21 Å². The largest absolute Gasteiger partial charge is 0.319 e. The zero-order valence-corrected chi connectivity index (χ0v) is 12.2. The zero-order valence-electron chi connectivity index (χ0n) is 11.4. The Hall–Kier alpha value is -2.39. The van der Waals surface area contributed by atoms with E-state index in [1.54, 1.807) is 11.3 Å². The van der Waals surface area contributed by atoms with Crippen LogP contribution in [0, 0.1) is 0 Å². The van der Waals surface area contributed by atoms with Crippen molar-refractivity contribution in [1.82, 2.24) is 0 Å². The maximum atomic E-state index is 4.63. The van der Waals surface area contributed by atoms with E-state index in [4.69, 9.17) is 0 Å². The van der Waals surface area contributed by atoms with Gasteiger partial charge in [-0.1, -0.05) is 48.5 Å². The summed E-state index contributed by atoms with van der Waals surface area (Å²) in [4.78, 5) is 6.99. The van der Waals surface area contributed by atoms with E-state index in [-0.39, 0.29) is 6.04 Å². The van der Waals surface area contributed by atoms with Gasteiger partial charge >= 0.3 is 0 Å². The molecular formula is C18H14N2S. The number of aliphatic imine (C=N–C) groups is 1. The number of para-hydroxylation sites is 1. The molecule has 0 aliphatic carbocycles. The molecule has 3 aromatic rings.